The minimum atomic E-state index is 0. The first-order valence-corrected chi connectivity index (χ1v) is 7.16. The molecule has 1 aromatic carbocycles. The summed E-state index contributed by atoms with van der Waals surface area (Å²) in [5, 5.41) is 0. The maximum absolute atomic E-state index is 12.6. The number of nitrogens with zero attached hydrogens (tertiary/aromatic N) is 1. The zero-order chi connectivity index (χ0) is 14.0. The van der Waals surface area contributed by atoms with Crippen LogP contribution >= 0.6 is 12.4 Å². The summed E-state index contributed by atoms with van der Waals surface area (Å²) >= 11 is 0. The average molecular weight is 297 g/mol. The Labute approximate surface area is 127 Å². The molecule has 1 saturated carbocycles. The summed E-state index contributed by atoms with van der Waals surface area (Å²) in [4.78, 5) is 14.5. The molecule has 1 fully saturated rings. The van der Waals surface area contributed by atoms with E-state index < -0.39 is 0 Å². The Morgan fingerprint density at radius 2 is 1.85 bits per heavy atom. The fourth-order valence-corrected chi connectivity index (χ4v) is 3.03. The van der Waals surface area contributed by atoms with Crippen molar-refractivity contribution in [1.82, 2.24) is 0 Å². The van der Waals surface area contributed by atoms with E-state index in [2.05, 4.69) is 32.0 Å². The molecule has 0 radical (unpaired) electrons. The van der Waals surface area contributed by atoms with Crippen molar-refractivity contribution in [3.8, 4) is 0 Å². The second kappa shape index (κ2) is 7.09. The number of nitrogens with two attached hydrogens (primary N) is 1. The first-order chi connectivity index (χ1) is 9.01. The van der Waals surface area contributed by atoms with Crippen LogP contribution < -0.4 is 10.6 Å². The van der Waals surface area contributed by atoms with E-state index in [1.165, 1.54) is 11.1 Å². The van der Waals surface area contributed by atoms with E-state index in [-0.39, 0.29) is 30.3 Å². The third kappa shape index (κ3) is 3.74. The van der Waals surface area contributed by atoms with Gasteiger partial charge in [0.2, 0.25) is 5.91 Å². The lowest BCUT2D eigenvalue weighted by atomic mass is 10.0. The van der Waals surface area contributed by atoms with E-state index in [0.717, 1.165) is 24.9 Å². The average Bonchev–Trinajstić information content (AvgIpc) is 2.75. The van der Waals surface area contributed by atoms with E-state index in [4.69, 9.17) is 5.73 Å². The third-order valence-electron chi connectivity index (χ3n) is 3.92. The van der Waals surface area contributed by atoms with E-state index >= 15 is 0 Å². The fourth-order valence-electron chi connectivity index (χ4n) is 3.03. The molecule has 2 unspecified atom stereocenters. The minimum absolute atomic E-state index is 0. The lowest BCUT2D eigenvalue weighted by Gasteiger charge is -2.25. The lowest BCUT2D eigenvalue weighted by Crippen LogP contribution is -2.36. The van der Waals surface area contributed by atoms with E-state index in [1.54, 1.807) is 0 Å². The number of carbonyl (C=O) groups is 1. The van der Waals surface area contributed by atoms with E-state index in [0.29, 0.717) is 6.54 Å². The first kappa shape index (κ1) is 17.0. The van der Waals surface area contributed by atoms with Gasteiger partial charge in [0.05, 0.1) is 0 Å². The summed E-state index contributed by atoms with van der Waals surface area (Å²) in [5.74, 6) is 0.344. The Kier molecular flexibility index (Phi) is 6.03. The van der Waals surface area contributed by atoms with E-state index in [1.807, 2.05) is 11.8 Å². The molecule has 1 amide bonds. The van der Waals surface area contributed by atoms with Crippen LogP contribution in [0.1, 0.15) is 37.3 Å². The number of carbonyl (C=O) groups excluding carboxylic acids is 1. The summed E-state index contributed by atoms with van der Waals surface area (Å²) in [5.41, 5.74) is 9.34. The van der Waals surface area contributed by atoms with Gasteiger partial charge < -0.3 is 10.6 Å². The predicted octanol–water partition coefficient (Wildman–Crippen LogP) is 3.21. The van der Waals surface area contributed by atoms with Crippen LogP contribution in [0.5, 0.6) is 0 Å². The van der Waals surface area contributed by atoms with Gasteiger partial charge in [0, 0.05) is 24.2 Å². The number of benzene rings is 1. The molecule has 1 aliphatic carbocycles. The van der Waals surface area contributed by atoms with E-state index in [9.17, 15) is 4.79 Å². The largest absolute Gasteiger partial charge is 0.328 e. The van der Waals surface area contributed by atoms with Gasteiger partial charge in [0.25, 0.3) is 0 Å². The van der Waals surface area contributed by atoms with Crippen molar-refractivity contribution in [2.24, 2.45) is 11.7 Å². The highest BCUT2D eigenvalue weighted by Crippen LogP contribution is 2.28. The monoisotopic (exact) mass is 296 g/mol. The third-order valence-corrected chi connectivity index (χ3v) is 3.92. The topological polar surface area (TPSA) is 46.3 Å². The molecule has 0 spiro atoms. The maximum atomic E-state index is 12.6. The number of rotatable bonds is 3. The molecule has 4 heteroatoms. The number of halogens is 1. The summed E-state index contributed by atoms with van der Waals surface area (Å²) in [7, 11) is 0. The molecule has 1 aromatic rings. The molecule has 2 N–H and O–H groups in total. The first-order valence-electron chi connectivity index (χ1n) is 7.16. The van der Waals surface area contributed by atoms with Crippen molar-refractivity contribution < 1.29 is 4.79 Å². The van der Waals surface area contributed by atoms with Crippen molar-refractivity contribution in [2.45, 2.75) is 46.1 Å². The van der Waals surface area contributed by atoms with Gasteiger partial charge in [-0.25, -0.2) is 0 Å². The van der Waals surface area contributed by atoms with Crippen LogP contribution in [0.3, 0.4) is 0 Å². The molecule has 0 aliphatic heterocycles. The molecular weight excluding hydrogens is 272 g/mol. The fraction of sp³-hybridized carbons (Fsp3) is 0.562. The van der Waals surface area contributed by atoms with Crippen LogP contribution in [-0.4, -0.2) is 18.5 Å². The zero-order valence-corrected chi connectivity index (χ0v) is 13.4. The van der Waals surface area contributed by atoms with Gasteiger partial charge in [-0.15, -0.1) is 12.4 Å². The van der Waals surface area contributed by atoms with Gasteiger partial charge in [-0.3, -0.25) is 4.79 Å². The molecule has 0 heterocycles. The molecule has 2 rings (SSSR count). The summed E-state index contributed by atoms with van der Waals surface area (Å²) < 4.78 is 0. The summed E-state index contributed by atoms with van der Waals surface area (Å²) in [6.45, 7) is 6.89. The molecule has 3 nitrogen and oxygen atoms in total. The SMILES string of the molecule is CCN(C(=O)C1CCC(N)C1)c1cc(C)cc(C)c1.Cl. The molecule has 1 aliphatic rings. The highest BCUT2D eigenvalue weighted by atomic mass is 35.5. The van der Waals surface area contributed by atoms with Crippen molar-refractivity contribution in [3.63, 3.8) is 0 Å². The molecule has 0 aromatic heterocycles. The second-order valence-electron chi connectivity index (χ2n) is 5.70. The molecule has 20 heavy (non-hydrogen) atoms. The van der Waals surface area contributed by atoms with Crippen molar-refractivity contribution in [3.05, 3.63) is 29.3 Å². The lowest BCUT2D eigenvalue weighted by molar-refractivity contribution is -0.122. The van der Waals surface area contributed by atoms with Crippen LogP contribution in [0.15, 0.2) is 18.2 Å². The smallest absolute Gasteiger partial charge is 0.230 e. The second-order valence-corrected chi connectivity index (χ2v) is 5.70. The van der Waals surface area contributed by atoms with Crippen LogP contribution in [0, 0.1) is 19.8 Å². The number of aryl methyl sites for hydroxylation is 2. The predicted molar refractivity (Wildman–Crippen MR) is 86.5 cm³/mol. The summed E-state index contributed by atoms with van der Waals surface area (Å²) in [6, 6.07) is 6.51. The van der Waals surface area contributed by atoms with Crippen LogP contribution in [0.25, 0.3) is 0 Å². The Morgan fingerprint density at radius 3 is 2.30 bits per heavy atom. The quantitative estimate of drug-likeness (QED) is 0.931. The molecular formula is C16H25ClN2O. The number of hydrogen-bond acceptors (Lipinski definition) is 2. The van der Waals surface area contributed by atoms with Crippen LogP contribution in [-0.2, 0) is 4.79 Å². The number of hydrogen-bond donors (Lipinski definition) is 1. The van der Waals surface area contributed by atoms with Crippen LogP contribution in [0.2, 0.25) is 0 Å². The highest BCUT2D eigenvalue weighted by molar-refractivity contribution is 5.95. The van der Waals surface area contributed by atoms with Gasteiger partial charge in [-0.05, 0) is 63.3 Å². The van der Waals surface area contributed by atoms with Gasteiger partial charge in [-0.1, -0.05) is 6.07 Å². The summed E-state index contributed by atoms with van der Waals surface area (Å²) in [6.07, 6.45) is 2.74. The molecule has 0 saturated heterocycles. The highest BCUT2D eigenvalue weighted by Gasteiger charge is 2.31. The zero-order valence-electron chi connectivity index (χ0n) is 12.6. The van der Waals surface area contributed by atoms with Crippen LogP contribution in [0.4, 0.5) is 5.69 Å². The molecule has 2 atom stereocenters. The normalized spacial score (nSPS) is 21.4. The minimum Gasteiger partial charge on any atom is -0.328 e. The van der Waals surface area contributed by atoms with Crippen molar-refractivity contribution >= 4 is 24.0 Å². The van der Waals surface area contributed by atoms with Gasteiger partial charge in [-0.2, -0.15) is 0 Å². The molecule has 0 bridgehead atoms. The standard InChI is InChI=1S/C16H24N2O.ClH/c1-4-18(15-8-11(2)7-12(3)9-15)16(19)13-5-6-14(17)10-13;/h7-9,13-14H,4-6,10,17H2,1-3H3;1H. The van der Waals surface area contributed by atoms with Crippen molar-refractivity contribution in [2.75, 3.05) is 11.4 Å². The Morgan fingerprint density at radius 1 is 1.25 bits per heavy atom. The molecule has 112 valence electrons. The number of anilines is 1. The Hall–Kier alpha value is -1.06. The Balaban J connectivity index is 0.00000200. The number of amides is 1. The van der Waals surface area contributed by atoms with Gasteiger partial charge in [0.15, 0.2) is 0 Å². The Bertz CT molecular complexity index is 455. The van der Waals surface area contributed by atoms with Gasteiger partial charge >= 0.3 is 0 Å². The maximum Gasteiger partial charge on any atom is 0.230 e. The van der Waals surface area contributed by atoms with Gasteiger partial charge in [0.1, 0.15) is 0 Å². The van der Waals surface area contributed by atoms with Crippen molar-refractivity contribution in [1.29, 1.82) is 0 Å².